The van der Waals surface area contributed by atoms with Gasteiger partial charge in [0.25, 0.3) is 0 Å². The maximum Gasteiger partial charge on any atom is 0.160 e. The number of fused-ring (bicyclic) bond motifs is 2. The third-order valence-electron chi connectivity index (χ3n) is 5.70. The summed E-state index contributed by atoms with van der Waals surface area (Å²) in [4.78, 5) is 18.8. The fourth-order valence-corrected chi connectivity index (χ4v) is 4.14. The summed E-state index contributed by atoms with van der Waals surface area (Å²) in [5.74, 6) is 1.49. The van der Waals surface area contributed by atoms with Crippen molar-refractivity contribution in [2.24, 2.45) is 4.99 Å². The van der Waals surface area contributed by atoms with E-state index in [2.05, 4.69) is 27.2 Å². The van der Waals surface area contributed by atoms with Gasteiger partial charge in [-0.1, -0.05) is 37.3 Å². The predicted molar refractivity (Wildman–Crippen MR) is 124 cm³/mol. The van der Waals surface area contributed by atoms with Gasteiger partial charge in [-0.25, -0.2) is 15.0 Å². The third-order valence-corrected chi connectivity index (χ3v) is 5.70. The Bertz CT molecular complexity index is 1250. The minimum atomic E-state index is -0.834. The summed E-state index contributed by atoms with van der Waals surface area (Å²) < 4.78 is 0. The van der Waals surface area contributed by atoms with Gasteiger partial charge in [-0.05, 0) is 43.2 Å². The highest BCUT2D eigenvalue weighted by atomic mass is 16.3. The molecule has 5 rings (SSSR count). The second-order valence-electron chi connectivity index (χ2n) is 7.62. The molecule has 1 aliphatic heterocycles. The number of aliphatic hydroxyl groups excluding tert-OH is 1. The van der Waals surface area contributed by atoms with E-state index in [0.717, 1.165) is 51.6 Å². The first-order valence-electron chi connectivity index (χ1n) is 10.4. The van der Waals surface area contributed by atoms with Gasteiger partial charge in [-0.15, -0.1) is 0 Å². The third kappa shape index (κ3) is 3.33. The molecule has 4 aromatic rings. The number of rotatable bonds is 5. The molecule has 2 atom stereocenters. The molecule has 2 aromatic carbocycles. The monoisotopic (exact) mass is 412 g/mol. The van der Waals surface area contributed by atoms with Gasteiger partial charge < -0.3 is 15.4 Å². The van der Waals surface area contributed by atoms with Gasteiger partial charge in [0.1, 0.15) is 23.6 Å². The lowest BCUT2D eigenvalue weighted by Gasteiger charge is -2.39. The smallest absolute Gasteiger partial charge is 0.160 e. The fraction of sp³-hybridized carbons (Fsp3) is 0.208. The molecule has 3 heterocycles. The normalized spacial score (nSPS) is 16.7. The van der Waals surface area contributed by atoms with E-state index in [4.69, 9.17) is 4.99 Å². The van der Waals surface area contributed by atoms with Crippen LogP contribution in [-0.4, -0.2) is 31.9 Å². The maximum absolute atomic E-state index is 11.5. The standard InChI is InChI=1S/C24H24N6O/c1-3-18(28-22-17-12-13-25-21(17)26-14-27-22)23-29-19-11-7-8-15(2)20(19)24(31)30(23)16-9-5-4-6-10-16/h4-14,18,24,31H,3H2,1-2H3,(H2,25,26,27,28). The second kappa shape index (κ2) is 7.85. The highest BCUT2D eigenvalue weighted by Gasteiger charge is 2.34. The Morgan fingerprint density at radius 3 is 2.74 bits per heavy atom. The zero-order chi connectivity index (χ0) is 21.4. The number of aliphatic imine (C=N–C) groups is 1. The van der Waals surface area contributed by atoms with Crippen LogP contribution >= 0.6 is 0 Å². The molecular weight excluding hydrogens is 388 g/mol. The van der Waals surface area contributed by atoms with Crippen molar-refractivity contribution in [2.75, 3.05) is 10.2 Å². The quantitative estimate of drug-likeness (QED) is 0.442. The largest absolute Gasteiger partial charge is 0.369 e. The van der Waals surface area contributed by atoms with E-state index in [-0.39, 0.29) is 6.04 Å². The number of para-hydroxylation sites is 1. The molecule has 0 amide bonds. The molecule has 1 aliphatic rings. The lowest BCUT2D eigenvalue weighted by molar-refractivity contribution is 0.185. The Morgan fingerprint density at radius 1 is 1.10 bits per heavy atom. The van der Waals surface area contributed by atoms with Crippen LogP contribution in [0.3, 0.4) is 0 Å². The van der Waals surface area contributed by atoms with E-state index in [0.29, 0.717) is 0 Å². The van der Waals surface area contributed by atoms with Gasteiger partial charge in [-0.3, -0.25) is 4.90 Å². The first kappa shape index (κ1) is 19.3. The van der Waals surface area contributed by atoms with Gasteiger partial charge in [0.2, 0.25) is 0 Å². The van der Waals surface area contributed by atoms with Crippen LogP contribution in [0.25, 0.3) is 11.0 Å². The van der Waals surface area contributed by atoms with E-state index in [9.17, 15) is 5.11 Å². The van der Waals surface area contributed by atoms with Gasteiger partial charge in [-0.2, -0.15) is 0 Å². The molecule has 0 spiro atoms. The predicted octanol–water partition coefficient (Wildman–Crippen LogP) is 4.70. The Morgan fingerprint density at radius 2 is 1.94 bits per heavy atom. The molecule has 3 N–H and O–H groups in total. The number of hydrogen-bond acceptors (Lipinski definition) is 6. The molecule has 31 heavy (non-hydrogen) atoms. The van der Waals surface area contributed by atoms with Crippen LogP contribution in [0.15, 0.2) is 72.1 Å². The Hall–Kier alpha value is -3.71. The van der Waals surface area contributed by atoms with Crippen molar-refractivity contribution >= 4 is 34.1 Å². The molecule has 0 bridgehead atoms. The SMILES string of the molecule is CCC(Nc1ncnc2[nH]ccc12)C1=Nc2cccc(C)c2C(O)N1c1ccccc1. The van der Waals surface area contributed by atoms with Crippen molar-refractivity contribution in [3.8, 4) is 0 Å². The van der Waals surface area contributed by atoms with E-state index in [1.165, 1.54) is 0 Å². The number of hydrogen-bond donors (Lipinski definition) is 3. The highest BCUT2D eigenvalue weighted by Crippen LogP contribution is 2.39. The van der Waals surface area contributed by atoms with Crippen LogP contribution in [0.2, 0.25) is 0 Å². The zero-order valence-electron chi connectivity index (χ0n) is 17.4. The summed E-state index contributed by atoms with van der Waals surface area (Å²) in [6, 6.07) is 17.6. The molecule has 156 valence electrons. The molecule has 7 nitrogen and oxygen atoms in total. The molecule has 0 saturated carbocycles. The lowest BCUT2D eigenvalue weighted by Crippen LogP contribution is -2.46. The molecule has 0 aliphatic carbocycles. The summed E-state index contributed by atoms with van der Waals surface area (Å²) in [5.41, 5.74) is 4.31. The Labute approximate surface area is 180 Å². The number of benzene rings is 2. The summed E-state index contributed by atoms with van der Waals surface area (Å²) in [6.45, 7) is 4.10. The number of anilines is 2. The number of aromatic amines is 1. The van der Waals surface area contributed by atoms with Gasteiger partial charge >= 0.3 is 0 Å². The van der Waals surface area contributed by atoms with Crippen molar-refractivity contribution in [2.45, 2.75) is 32.5 Å². The number of nitrogens with one attached hydrogen (secondary N) is 2. The minimum absolute atomic E-state index is 0.170. The average Bonchev–Trinajstić information content (AvgIpc) is 3.27. The molecule has 0 radical (unpaired) electrons. The van der Waals surface area contributed by atoms with E-state index in [1.54, 1.807) is 6.33 Å². The number of nitrogens with zero attached hydrogens (tertiary/aromatic N) is 4. The molecule has 0 saturated heterocycles. The van der Waals surface area contributed by atoms with Crippen LogP contribution in [-0.2, 0) is 0 Å². The van der Waals surface area contributed by atoms with Crippen molar-refractivity contribution in [1.82, 2.24) is 15.0 Å². The number of aliphatic hydroxyl groups is 1. The topological polar surface area (TPSA) is 89.4 Å². The second-order valence-corrected chi connectivity index (χ2v) is 7.62. The van der Waals surface area contributed by atoms with Crippen molar-refractivity contribution in [3.05, 3.63) is 78.2 Å². The lowest BCUT2D eigenvalue weighted by atomic mass is 10.00. The minimum Gasteiger partial charge on any atom is -0.369 e. The summed E-state index contributed by atoms with van der Waals surface area (Å²) in [5, 5.41) is 15.9. The van der Waals surface area contributed by atoms with Crippen LogP contribution in [0.4, 0.5) is 17.2 Å². The van der Waals surface area contributed by atoms with Crippen molar-refractivity contribution in [1.29, 1.82) is 0 Å². The summed E-state index contributed by atoms with van der Waals surface area (Å²) in [7, 11) is 0. The average molecular weight is 412 g/mol. The molecule has 0 fully saturated rings. The van der Waals surface area contributed by atoms with Gasteiger partial charge in [0.15, 0.2) is 6.23 Å². The van der Waals surface area contributed by atoms with E-state index in [1.807, 2.05) is 72.6 Å². The Kier molecular flexibility index (Phi) is 4.88. The summed E-state index contributed by atoms with van der Waals surface area (Å²) >= 11 is 0. The number of aromatic nitrogens is 3. The fourth-order valence-electron chi connectivity index (χ4n) is 4.14. The molecule has 7 heteroatoms. The first-order chi connectivity index (χ1) is 15.2. The van der Waals surface area contributed by atoms with Gasteiger partial charge in [0.05, 0.1) is 17.1 Å². The summed E-state index contributed by atoms with van der Waals surface area (Å²) in [6.07, 6.45) is 3.31. The highest BCUT2D eigenvalue weighted by molar-refractivity contribution is 6.06. The van der Waals surface area contributed by atoms with Crippen molar-refractivity contribution in [3.63, 3.8) is 0 Å². The molecule has 2 unspecified atom stereocenters. The van der Waals surface area contributed by atoms with Crippen LogP contribution in [0.1, 0.15) is 30.7 Å². The molecule has 2 aromatic heterocycles. The van der Waals surface area contributed by atoms with E-state index >= 15 is 0 Å². The van der Waals surface area contributed by atoms with Crippen molar-refractivity contribution < 1.29 is 5.11 Å². The maximum atomic E-state index is 11.5. The van der Waals surface area contributed by atoms with Crippen LogP contribution in [0.5, 0.6) is 0 Å². The first-order valence-corrected chi connectivity index (χ1v) is 10.4. The molecular formula is C24H24N6O. The van der Waals surface area contributed by atoms with Crippen LogP contribution < -0.4 is 10.2 Å². The number of aryl methyl sites for hydroxylation is 1. The number of amidine groups is 1. The van der Waals surface area contributed by atoms with E-state index < -0.39 is 6.23 Å². The van der Waals surface area contributed by atoms with Gasteiger partial charge in [0, 0.05) is 17.4 Å². The van der Waals surface area contributed by atoms with Crippen LogP contribution in [0, 0.1) is 6.92 Å². The number of H-pyrrole nitrogens is 1. The zero-order valence-corrected chi connectivity index (χ0v) is 17.4. The Balaban J connectivity index is 1.63.